The first-order valence-corrected chi connectivity index (χ1v) is 14.5. The SMILES string of the molecule is NC1NC(=O)C2NCN([C@@H]3O[C@H](COP(=O)(O)OP(=O)(O)O[C@H]4O[C@H](CO)[C@@H](O)[C@H](O)[C@@H]4O)[C@@H](O)[C@H]3O)C2N1. The van der Waals surface area contributed by atoms with E-state index in [2.05, 4.69) is 29.3 Å². The molecule has 0 radical (unpaired) electrons. The standard InChI is InChI=1S/C16H31N5O16P2/c17-16-19-12-6(13(28)20-16)18-3-21(12)14-10(26)8(24)5(34-14)2-33-38(29,30)37-39(31,32)36-15-11(27)9(25)7(23)4(1-22)35-15/h4-12,14-16,18-19,22-27H,1-3,17H2,(H,20,28)(H,29,30)(H,31,32)/t4-,5-,6?,7-,8-,9+,10-,11+,12?,14-,15-,16?/m1/s1. The molecule has 23 heteroatoms. The molecule has 39 heavy (non-hydrogen) atoms. The Balaban J connectivity index is 1.33. The lowest BCUT2D eigenvalue weighted by Crippen LogP contribution is -2.71. The normalized spacial score (nSPS) is 46.3. The summed E-state index contributed by atoms with van der Waals surface area (Å²) >= 11 is 0. The molecule has 4 aliphatic rings. The highest BCUT2D eigenvalue weighted by Gasteiger charge is 2.54. The first-order chi connectivity index (χ1) is 18.1. The molecule has 4 fully saturated rings. The quantitative estimate of drug-likeness (QED) is 0.108. The first-order valence-electron chi connectivity index (χ1n) is 11.5. The number of phosphoric ester groups is 2. The maximum Gasteiger partial charge on any atom is 0.483 e. The fraction of sp³-hybridized carbons (Fsp3) is 0.938. The van der Waals surface area contributed by atoms with Crippen molar-refractivity contribution in [2.45, 2.75) is 73.7 Å². The minimum Gasteiger partial charge on any atom is -0.394 e. The van der Waals surface area contributed by atoms with Crippen LogP contribution in [0, 0.1) is 0 Å². The van der Waals surface area contributed by atoms with Crippen molar-refractivity contribution in [3.63, 3.8) is 0 Å². The molecule has 21 nitrogen and oxygen atoms in total. The topological polar surface area (TPSA) is 325 Å². The minimum absolute atomic E-state index is 0.0229. The van der Waals surface area contributed by atoms with E-state index in [1.165, 1.54) is 4.90 Å². The number of hydrogen-bond acceptors (Lipinski definition) is 18. The number of carbonyl (C=O) groups excluding carboxylic acids is 1. The van der Waals surface area contributed by atoms with Crippen LogP contribution in [-0.4, -0.2) is 145 Å². The van der Waals surface area contributed by atoms with Crippen LogP contribution in [0.3, 0.4) is 0 Å². The largest absolute Gasteiger partial charge is 0.483 e. The molecule has 5 unspecified atom stereocenters. The van der Waals surface area contributed by atoms with Crippen molar-refractivity contribution < 1.29 is 77.2 Å². The summed E-state index contributed by atoms with van der Waals surface area (Å²) in [6.45, 7) is -1.80. The number of nitrogens with two attached hydrogens (primary N) is 1. The maximum atomic E-state index is 12.3. The lowest BCUT2D eigenvalue weighted by molar-refractivity contribution is -0.280. The zero-order chi connectivity index (χ0) is 28.9. The Morgan fingerprint density at radius 1 is 0.974 bits per heavy atom. The number of hydrogen-bond donors (Lipinski definition) is 12. The fourth-order valence-corrected chi connectivity index (χ4v) is 6.68. The lowest BCUT2D eigenvalue weighted by Gasteiger charge is -2.39. The van der Waals surface area contributed by atoms with E-state index in [0.717, 1.165) is 0 Å². The predicted molar refractivity (Wildman–Crippen MR) is 119 cm³/mol. The second-order valence-corrected chi connectivity index (χ2v) is 12.1. The van der Waals surface area contributed by atoms with Gasteiger partial charge >= 0.3 is 15.6 Å². The zero-order valence-corrected chi connectivity index (χ0v) is 21.6. The van der Waals surface area contributed by atoms with Gasteiger partial charge in [-0.1, -0.05) is 0 Å². The summed E-state index contributed by atoms with van der Waals surface area (Å²) in [4.78, 5) is 33.4. The summed E-state index contributed by atoms with van der Waals surface area (Å²) in [5, 5.41) is 67.6. The van der Waals surface area contributed by atoms with Crippen molar-refractivity contribution in [3.05, 3.63) is 0 Å². The third kappa shape index (κ3) is 6.68. The Bertz CT molecular complexity index is 996. The second-order valence-electron chi connectivity index (χ2n) is 9.12. The second kappa shape index (κ2) is 11.9. The predicted octanol–water partition coefficient (Wildman–Crippen LogP) is -7.00. The van der Waals surface area contributed by atoms with E-state index in [1.54, 1.807) is 0 Å². The molecule has 4 saturated heterocycles. The highest BCUT2D eigenvalue weighted by atomic mass is 31.3. The molecular formula is C16H31N5O16P2. The molecule has 0 spiro atoms. The van der Waals surface area contributed by atoms with Gasteiger partial charge in [0, 0.05) is 0 Å². The number of carbonyl (C=O) groups is 1. The van der Waals surface area contributed by atoms with Crippen LogP contribution < -0.4 is 21.7 Å². The number of phosphoric acid groups is 2. The fourth-order valence-electron chi connectivity index (χ4n) is 4.52. The molecule has 0 saturated carbocycles. The van der Waals surface area contributed by atoms with Crippen molar-refractivity contribution in [1.29, 1.82) is 0 Å². The Labute approximate surface area is 219 Å². The number of rotatable bonds is 9. The molecule has 13 N–H and O–H groups in total. The van der Waals surface area contributed by atoms with E-state index in [0.29, 0.717) is 0 Å². The molecule has 4 heterocycles. The van der Waals surface area contributed by atoms with Crippen molar-refractivity contribution in [1.82, 2.24) is 20.9 Å². The molecule has 0 aliphatic carbocycles. The van der Waals surface area contributed by atoms with Gasteiger partial charge in [-0.25, -0.2) is 14.0 Å². The van der Waals surface area contributed by atoms with Gasteiger partial charge < -0.3 is 55.2 Å². The van der Waals surface area contributed by atoms with Gasteiger partial charge in [-0.2, -0.15) is 4.31 Å². The van der Waals surface area contributed by atoms with E-state index in [1.807, 2.05) is 0 Å². The average Bonchev–Trinajstić information content (AvgIpc) is 3.38. The van der Waals surface area contributed by atoms with Crippen LogP contribution in [0.5, 0.6) is 0 Å². The van der Waals surface area contributed by atoms with E-state index in [9.17, 15) is 49.2 Å². The summed E-state index contributed by atoms with van der Waals surface area (Å²) in [6.07, 6.45) is -17.2. The van der Waals surface area contributed by atoms with Crippen LogP contribution >= 0.6 is 15.6 Å². The van der Waals surface area contributed by atoms with E-state index in [-0.39, 0.29) is 6.67 Å². The number of amides is 1. The summed E-state index contributed by atoms with van der Waals surface area (Å²) in [6, 6.07) is -0.763. The van der Waals surface area contributed by atoms with Gasteiger partial charge in [-0.3, -0.25) is 30.2 Å². The monoisotopic (exact) mass is 611 g/mol. The van der Waals surface area contributed by atoms with Crippen molar-refractivity contribution in [3.8, 4) is 0 Å². The number of ether oxygens (including phenoxy) is 2. The van der Waals surface area contributed by atoms with Crippen molar-refractivity contribution in [2.75, 3.05) is 19.9 Å². The summed E-state index contributed by atoms with van der Waals surface area (Å²) in [5.41, 5.74) is 5.72. The molecule has 226 valence electrons. The van der Waals surface area contributed by atoms with Gasteiger partial charge in [0.25, 0.3) is 0 Å². The molecular weight excluding hydrogens is 580 g/mol. The number of fused-ring (bicyclic) bond motifs is 1. The summed E-state index contributed by atoms with van der Waals surface area (Å²) in [7, 11) is -11.0. The summed E-state index contributed by atoms with van der Waals surface area (Å²) < 4.78 is 48.3. The van der Waals surface area contributed by atoms with Gasteiger partial charge in [0.05, 0.1) is 26.0 Å². The number of nitrogens with one attached hydrogen (secondary N) is 3. The molecule has 0 aromatic rings. The Hall–Kier alpha value is -0.750. The smallest absolute Gasteiger partial charge is 0.394 e. The van der Waals surface area contributed by atoms with Crippen LogP contribution in [0.4, 0.5) is 0 Å². The Morgan fingerprint density at radius 2 is 1.64 bits per heavy atom. The highest BCUT2D eigenvalue weighted by Crippen LogP contribution is 2.61. The van der Waals surface area contributed by atoms with Gasteiger partial charge in [0.1, 0.15) is 61.3 Å². The molecule has 4 rings (SSSR count). The minimum atomic E-state index is -5.57. The van der Waals surface area contributed by atoms with Crippen LogP contribution in [0.1, 0.15) is 0 Å². The highest BCUT2D eigenvalue weighted by molar-refractivity contribution is 7.61. The Morgan fingerprint density at radius 3 is 2.31 bits per heavy atom. The van der Waals surface area contributed by atoms with E-state index >= 15 is 0 Å². The van der Waals surface area contributed by atoms with Gasteiger partial charge in [0.2, 0.25) is 5.91 Å². The van der Waals surface area contributed by atoms with Crippen LogP contribution in [0.25, 0.3) is 0 Å². The third-order valence-electron chi connectivity index (χ3n) is 6.46. The van der Waals surface area contributed by atoms with Gasteiger partial charge in [0.15, 0.2) is 6.29 Å². The van der Waals surface area contributed by atoms with Crippen molar-refractivity contribution >= 4 is 21.6 Å². The molecule has 0 aromatic heterocycles. The molecule has 1 amide bonds. The number of aliphatic hydroxyl groups is 6. The van der Waals surface area contributed by atoms with E-state index < -0.39 is 109 Å². The van der Waals surface area contributed by atoms with Gasteiger partial charge in [-0.15, -0.1) is 0 Å². The maximum absolute atomic E-state index is 12.3. The Kier molecular flexibility index (Phi) is 9.48. The third-order valence-corrected chi connectivity index (χ3v) is 9.06. The van der Waals surface area contributed by atoms with Crippen LogP contribution in [-0.2, 0) is 36.8 Å². The molecule has 0 aromatic carbocycles. The van der Waals surface area contributed by atoms with Gasteiger partial charge in [-0.05, 0) is 0 Å². The number of nitrogens with zero attached hydrogens (tertiary/aromatic N) is 1. The van der Waals surface area contributed by atoms with Crippen molar-refractivity contribution in [2.24, 2.45) is 5.73 Å². The molecule has 4 aliphatic heterocycles. The average molecular weight is 611 g/mol. The molecule has 0 bridgehead atoms. The molecule has 14 atom stereocenters. The van der Waals surface area contributed by atoms with Crippen LogP contribution in [0.15, 0.2) is 0 Å². The number of aliphatic hydroxyl groups excluding tert-OH is 6. The summed E-state index contributed by atoms with van der Waals surface area (Å²) in [5.74, 6) is -0.417. The van der Waals surface area contributed by atoms with E-state index in [4.69, 9.17) is 20.3 Å². The first kappa shape index (κ1) is 31.2. The lowest BCUT2D eigenvalue weighted by atomic mass is 10.00. The zero-order valence-electron chi connectivity index (χ0n) is 19.8. The van der Waals surface area contributed by atoms with Crippen LogP contribution in [0.2, 0.25) is 0 Å².